The van der Waals surface area contributed by atoms with Crippen LogP contribution in [0.5, 0.6) is 0 Å². The Morgan fingerprint density at radius 1 is 1.54 bits per heavy atom. The van der Waals surface area contributed by atoms with Gasteiger partial charge in [-0.25, -0.2) is 4.98 Å². The zero-order valence-electron chi connectivity index (χ0n) is 7.63. The predicted molar refractivity (Wildman–Crippen MR) is 59.5 cm³/mol. The predicted octanol–water partition coefficient (Wildman–Crippen LogP) is 2.47. The Balaban J connectivity index is 2.44. The first-order chi connectivity index (χ1) is 6.33. The second-order valence-electron chi connectivity index (χ2n) is 2.71. The van der Waals surface area contributed by atoms with Crippen LogP contribution in [0.3, 0.4) is 0 Å². The molecule has 1 aromatic rings. The molecule has 3 heteroatoms. The molecular weight excluding hydrogens is 228 g/mol. The molecule has 1 rings (SSSR count). The number of pyridine rings is 1. The van der Waals surface area contributed by atoms with Gasteiger partial charge in [0.2, 0.25) is 0 Å². The van der Waals surface area contributed by atoms with Gasteiger partial charge >= 0.3 is 0 Å². The highest BCUT2D eigenvalue weighted by atomic mass is 79.9. The van der Waals surface area contributed by atoms with E-state index in [1.165, 1.54) is 0 Å². The van der Waals surface area contributed by atoms with Crippen molar-refractivity contribution in [1.29, 1.82) is 0 Å². The highest BCUT2D eigenvalue weighted by Gasteiger charge is 1.87. The Kier molecular flexibility index (Phi) is 4.72. The second-order valence-corrected chi connectivity index (χ2v) is 3.52. The van der Waals surface area contributed by atoms with E-state index in [1.54, 1.807) is 0 Å². The molecule has 1 heterocycles. The van der Waals surface area contributed by atoms with Crippen LogP contribution in [0.2, 0.25) is 0 Å². The molecule has 0 aliphatic rings. The lowest BCUT2D eigenvalue weighted by molar-refractivity contribution is 0.809. The van der Waals surface area contributed by atoms with Crippen molar-refractivity contribution in [2.75, 3.05) is 13.6 Å². The van der Waals surface area contributed by atoms with Crippen molar-refractivity contribution in [3.63, 3.8) is 0 Å². The van der Waals surface area contributed by atoms with Gasteiger partial charge in [0.05, 0.1) is 0 Å². The summed E-state index contributed by atoms with van der Waals surface area (Å²) >= 11 is 3.29. The molecule has 0 amide bonds. The summed E-state index contributed by atoms with van der Waals surface area (Å²) in [5.74, 6) is 0. The van der Waals surface area contributed by atoms with Crippen molar-refractivity contribution in [3.8, 4) is 0 Å². The van der Waals surface area contributed by atoms with E-state index in [-0.39, 0.29) is 0 Å². The number of aromatic nitrogens is 1. The van der Waals surface area contributed by atoms with Gasteiger partial charge in [-0.2, -0.15) is 0 Å². The van der Waals surface area contributed by atoms with E-state index < -0.39 is 0 Å². The van der Waals surface area contributed by atoms with Gasteiger partial charge in [-0.1, -0.05) is 18.2 Å². The van der Waals surface area contributed by atoms with Crippen molar-refractivity contribution in [1.82, 2.24) is 10.3 Å². The molecule has 2 nitrogen and oxygen atoms in total. The normalized spacial score (nSPS) is 10.9. The van der Waals surface area contributed by atoms with Crippen LogP contribution in [0.15, 0.2) is 29.0 Å². The lowest BCUT2D eigenvalue weighted by Gasteiger charge is -1.93. The molecule has 13 heavy (non-hydrogen) atoms. The minimum Gasteiger partial charge on any atom is -0.319 e. The van der Waals surface area contributed by atoms with Crippen molar-refractivity contribution in [2.24, 2.45) is 0 Å². The monoisotopic (exact) mass is 240 g/mol. The van der Waals surface area contributed by atoms with Crippen molar-refractivity contribution in [3.05, 3.63) is 34.6 Å². The Morgan fingerprint density at radius 3 is 3.00 bits per heavy atom. The van der Waals surface area contributed by atoms with Gasteiger partial charge in [-0.05, 0) is 47.6 Å². The van der Waals surface area contributed by atoms with E-state index in [2.05, 4.69) is 38.4 Å². The first-order valence-electron chi connectivity index (χ1n) is 4.25. The number of nitrogens with one attached hydrogen (secondary N) is 1. The molecule has 0 atom stereocenters. The van der Waals surface area contributed by atoms with Crippen LogP contribution in [0, 0.1) is 0 Å². The van der Waals surface area contributed by atoms with E-state index in [1.807, 2.05) is 25.4 Å². The maximum absolute atomic E-state index is 4.13. The first kappa shape index (κ1) is 10.4. The molecule has 0 radical (unpaired) electrons. The number of nitrogens with zero attached hydrogens (tertiary/aromatic N) is 1. The van der Waals surface area contributed by atoms with Crippen molar-refractivity contribution < 1.29 is 0 Å². The summed E-state index contributed by atoms with van der Waals surface area (Å²) in [6, 6.07) is 3.98. The Morgan fingerprint density at radius 2 is 2.38 bits per heavy atom. The molecule has 0 saturated carbocycles. The first-order valence-corrected chi connectivity index (χ1v) is 5.05. The fourth-order valence-corrected chi connectivity index (χ4v) is 1.17. The van der Waals surface area contributed by atoms with Crippen molar-refractivity contribution >= 4 is 22.0 Å². The standard InChI is InChI=1S/C10H13BrN2/c1-12-7-3-2-4-9-5-6-10(11)13-8-9/h2,4-6,8,12H,3,7H2,1H3. The molecule has 0 saturated heterocycles. The smallest absolute Gasteiger partial charge is 0.106 e. The summed E-state index contributed by atoms with van der Waals surface area (Å²) in [6.45, 7) is 1.01. The molecule has 1 aromatic heterocycles. The third-order valence-electron chi connectivity index (χ3n) is 1.62. The van der Waals surface area contributed by atoms with Crippen LogP contribution in [0.4, 0.5) is 0 Å². The van der Waals surface area contributed by atoms with Gasteiger partial charge in [-0.15, -0.1) is 0 Å². The highest BCUT2D eigenvalue weighted by Crippen LogP contribution is 2.07. The van der Waals surface area contributed by atoms with Crippen molar-refractivity contribution in [2.45, 2.75) is 6.42 Å². The summed E-state index contributed by atoms with van der Waals surface area (Å²) < 4.78 is 0.875. The molecule has 0 unspecified atom stereocenters. The Labute approximate surface area is 87.2 Å². The quantitative estimate of drug-likeness (QED) is 0.647. The largest absolute Gasteiger partial charge is 0.319 e. The zero-order chi connectivity index (χ0) is 9.52. The van der Waals surface area contributed by atoms with Crippen LogP contribution in [-0.4, -0.2) is 18.6 Å². The molecule has 0 aromatic carbocycles. The third-order valence-corrected chi connectivity index (χ3v) is 2.09. The maximum Gasteiger partial charge on any atom is 0.106 e. The number of rotatable bonds is 4. The van der Waals surface area contributed by atoms with Gasteiger partial charge < -0.3 is 5.32 Å². The average Bonchev–Trinajstić information content (AvgIpc) is 2.15. The topological polar surface area (TPSA) is 24.9 Å². The van der Waals surface area contributed by atoms with E-state index in [0.717, 1.165) is 23.1 Å². The lowest BCUT2D eigenvalue weighted by atomic mass is 10.2. The van der Waals surface area contributed by atoms with Gasteiger partial charge in [-0.3, -0.25) is 0 Å². The van der Waals surface area contributed by atoms with Gasteiger partial charge in [0.15, 0.2) is 0 Å². The Bertz CT molecular complexity index is 267. The summed E-state index contributed by atoms with van der Waals surface area (Å²) in [7, 11) is 1.95. The third kappa shape index (κ3) is 4.20. The fraction of sp³-hybridized carbons (Fsp3) is 0.300. The van der Waals surface area contributed by atoms with Crippen LogP contribution < -0.4 is 5.32 Å². The molecule has 0 bridgehead atoms. The van der Waals surface area contributed by atoms with Crippen LogP contribution in [0.25, 0.3) is 6.08 Å². The van der Waals surface area contributed by atoms with E-state index in [4.69, 9.17) is 0 Å². The minimum atomic E-state index is 0.875. The molecule has 70 valence electrons. The van der Waals surface area contributed by atoms with Crippen LogP contribution in [0.1, 0.15) is 12.0 Å². The van der Waals surface area contributed by atoms with Gasteiger partial charge in [0.25, 0.3) is 0 Å². The van der Waals surface area contributed by atoms with Gasteiger partial charge in [0, 0.05) is 6.20 Å². The molecule has 0 aliphatic carbocycles. The maximum atomic E-state index is 4.13. The fourth-order valence-electron chi connectivity index (χ4n) is 0.933. The van der Waals surface area contributed by atoms with E-state index in [0.29, 0.717) is 0 Å². The summed E-state index contributed by atoms with van der Waals surface area (Å²) in [5, 5.41) is 3.09. The van der Waals surface area contributed by atoms with Crippen LogP contribution >= 0.6 is 15.9 Å². The summed E-state index contributed by atoms with van der Waals surface area (Å²) in [6.07, 6.45) is 7.12. The molecule has 0 spiro atoms. The molecule has 0 fully saturated rings. The van der Waals surface area contributed by atoms with Crippen LogP contribution in [-0.2, 0) is 0 Å². The molecule has 0 aliphatic heterocycles. The summed E-state index contributed by atoms with van der Waals surface area (Å²) in [5.41, 5.74) is 1.14. The number of hydrogen-bond donors (Lipinski definition) is 1. The highest BCUT2D eigenvalue weighted by molar-refractivity contribution is 9.10. The second kappa shape index (κ2) is 5.89. The number of hydrogen-bond acceptors (Lipinski definition) is 2. The molecular formula is C10H13BrN2. The van der Waals surface area contributed by atoms with E-state index >= 15 is 0 Å². The Hall–Kier alpha value is -0.670. The molecule has 1 N–H and O–H groups in total. The minimum absolute atomic E-state index is 0.875. The lowest BCUT2D eigenvalue weighted by Crippen LogP contribution is -2.05. The zero-order valence-corrected chi connectivity index (χ0v) is 9.21. The SMILES string of the molecule is CNCCC=Cc1ccc(Br)nc1. The average molecular weight is 241 g/mol. The summed E-state index contributed by atoms with van der Waals surface area (Å²) in [4.78, 5) is 4.13. The van der Waals surface area contributed by atoms with Gasteiger partial charge in [0.1, 0.15) is 4.60 Å². The number of halogens is 1. The van der Waals surface area contributed by atoms with E-state index in [9.17, 15) is 0 Å².